The van der Waals surface area contributed by atoms with Gasteiger partial charge in [0.2, 0.25) is 0 Å². The fourth-order valence-corrected chi connectivity index (χ4v) is 2.31. The van der Waals surface area contributed by atoms with Gasteiger partial charge in [0.1, 0.15) is 11.4 Å². The van der Waals surface area contributed by atoms with Crippen LogP contribution in [-0.4, -0.2) is 0 Å². The topological polar surface area (TPSA) is 79.0 Å². The zero-order valence-electron chi connectivity index (χ0n) is 11.4. The van der Waals surface area contributed by atoms with Gasteiger partial charge in [0, 0.05) is 16.4 Å². The Morgan fingerprint density at radius 3 is 2.82 bits per heavy atom. The summed E-state index contributed by atoms with van der Waals surface area (Å²) in [5, 5.41) is 4.16. The molecule has 0 radical (unpaired) electrons. The largest absolute Gasteiger partial charge is 0.423 e. The third-order valence-corrected chi connectivity index (χ3v) is 3.26. The number of azide groups is 1. The Kier molecular flexibility index (Phi) is 3.60. The summed E-state index contributed by atoms with van der Waals surface area (Å²) < 4.78 is 18.6. The van der Waals surface area contributed by atoms with Crippen LogP contribution >= 0.6 is 0 Å². The minimum atomic E-state index is -0.521. The molecule has 108 valence electrons. The van der Waals surface area contributed by atoms with Crippen LogP contribution in [-0.2, 0) is 6.54 Å². The summed E-state index contributed by atoms with van der Waals surface area (Å²) in [4.78, 5) is 14.4. The Hall–Kier alpha value is -3.11. The van der Waals surface area contributed by atoms with Crippen LogP contribution in [0.5, 0.6) is 0 Å². The number of hydrogen-bond acceptors (Lipinski definition) is 3. The zero-order chi connectivity index (χ0) is 15.5. The van der Waals surface area contributed by atoms with Crippen molar-refractivity contribution in [1.82, 2.24) is 0 Å². The number of hydrogen-bond donors (Lipinski definition) is 0. The molecular weight excluding hydrogens is 285 g/mol. The van der Waals surface area contributed by atoms with E-state index in [2.05, 4.69) is 10.0 Å². The molecule has 0 aliphatic carbocycles. The zero-order valence-corrected chi connectivity index (χ0v) is 11.4. The monoisotopic (exact) mass is 295 g/mol. The van der Waals surface area contributed by atoms with Crippen LogP contribution in [0.15, 0.2) is 62.9 Å². The van der Waals surface area contributed by atoms with Crippen LogP contribution in [0.2, 0.25) is 0 Å². The molecule has 3 aromatic rings. The number of halogens is 1. The van der Waals surface area contributed by atoms with Gasteiger partial charge in [-0.15, -0.1) is 0 Å². The van der Waals surface area contributed by atoms with Crippen molar-refractivity contribution >= 4 is 11.0 Å². The summed E-state index contributed by atoms with van der Waals surface area (Å²) in [5.74, 6) is -0.376. The van der Waals surface area contributed by atoms with Crippen molar-refractivity contribution in [1.29, 1.82) is 0 Å². The lowest BCUT2D eigenvalue weighted by atomic mass is 10.0. The number of fused-ring (bicyclic) bond motifs is 1. The van der Waals surface area contributed by atoms with E-state index in [0.29, 0.717) is 22.1 Å². The molecule has 0 unspecified atom stereocenters. The third kappa shape index (κ3) is 2.68. The highest BCUT2D eigenvalue weighted by Gasteiger charge is 2.09. The summed E-state index contributed by atoms with van der Waals surface area (Å²) in [6.45, 7) is 0.167. The van der Waals surface area contributed by atoms with Gasteiger partial charge >= 0.3 is 5.63 Å². The second-order valence-electron chi connectivity index (χ2n) is 4.71. The first-order valence-corrected chi connectivity index (χ1v) is 6.51. The highest BCUT2D eigenvalue weighted by atomic mass is 19.1. The number of benzene rings is 2. The van der Waals surface area contributed by atoms with E-state index in [0.717, 1.165) is 5.56 Å². The van der Waals surface area contributed by atoms with Gasteiger partial charge in [-0.05, 0) is 40.4 Å². The molecular formula is C16H10FN3O2. The van der Waals surface area contributed by atoms with Gasteiger partial charge in [-0.2, -0.15) is 0 Å². The van der Waals surface area contributed by atoms with E-state index in [1.807, 2.05) is 0 Å². The smallest absolute Gasteiger partial charge is 0.336 e. The molecule has 1 heterocycles. The molecule has 0 saturated heterocycles. The van der Waals surface area contributed by atoms with Crippen LogP contribution in [0, 0.1) is 5.82 Å². The van der Waals surface area contributed by atoms with E-state index in [1.54, 1.807) is 30.3 Å². The third-order valence-electron chi connectivity index (χ3n) is 3.26. The van der Waals surface area contributed by atoms with Crippen LogP contribution in [0.25, 0.3) is 32.5 Å². The van der Waals surface area contributed by atoms with E-state index in [1.165, 1.54) is 18.2 Å². The Bertz CT molecular complexity index is 959. The molecule has 6 heteroatoms. The summed E-state index contributed by atoms with van der Waals surface area (Å²) in [7, 11) is 0. The summed E-state index contributed by atoms with van der Waals surface area (Å²) >= 11 is 0. The molecule has 0 saturated carbocycles. The molecule has 0 aliphatic rings. The molecule has 5 nitrogen and oxygen atoms in total. The van der Waals surface area contributed by atoms with Gasteiger partial charge in [-0.3, -0.25) is 0 Å². The molecule has 0 aliphatic heterocycles. The number of nitrogens with zero attached hydrogens (tertiary/aromatic N) is 3. The molecule has 22 heavy (non-hydrogen) atoms. The summed E-state index contributed by atoms with van der Waals surface area (Å²) in [5.41, 5.74) is 10.1. The number of rotatable bonds is 3. The van der Waals surface area contributed by atoms with Crippen LogP contribution in [0.3, 0.4) is 0 Å². The van der Waals surface area contributed by atoms with Gasteiger partial charge in [-0.25, -0.2) is 9.18 Å². The molecule has 1 aromatic heterocycles. The van der Waals surface area contributed by atoms with E-state index in [4.69, 9.17) is 9.95 Å². The summed E-state index contributed by atoms with van der Waals surface area (Å²) in [6.07, 6.45) is 0. The van der Waals surface area contributed by atoms with Gasteiger partial charge in [-0.1, -0.05) is 29.4 Å². The fourth-order valence-electron chi connectivity index (χ4n) is 2.31. The van der Waals surface area contributed by atoms with Crippen LogP contribution < -0.4 is 5.63 Å². The van der Waals surface area contributed by atoms with Crippen molar-refractivity contribution in [2.45, 2.75) is 6.54 Å². The maximum absolute atomic E-state index is 13.4. The van der Waals surface area contributed by atoms with Gasteiger partial charge < -0.3 is 4.42 Å². The van der Waals surface area contributed by atoms with E-state index in [9.17, 15) is 9.18 Å². The normalized spacial score (nSPS) is 10.4. The van der Waals surface area contributed by atoms with Crippen molar-refractivity contribution in [2.75, 3.05) is 0 Å². The molecule has 2 aromatic carbocycles. The molecule has 3 rings (SSSR count). The molecule has 0 N–H and O–H groups in total. The average Bonchev–Trinajstić information content (AvgIpc) is 2.51. The predicted octanol–water partition coefficient (Wildman–Crippen LogP) is 4.41. The lowest BCUT2D eigenvalue weighted by Gasteiger charge is -2.07. The first-order valence-electron chi connectivity index (χ1n) is 6.51. The van der Waals surface area contributed by atoms with Crippen molar-refractivity contribution < 1.29 is 8.81 Å². The minimum Gasteiger partial charge on any atom is -0.423 e. The second kappa shape index (κ2) is 5.71. The van der Waals surface area contributed by atoms with Crippen molar-refractivity contribution in [2.24, 2.45) is 5.11 Å². The SMILES string of the molecule is [N-]=[N+]=NCc1ccc2c(-c3cccc(F)c3)cc(=O)oc2c1. The van der Waals surface area contributed by atoms with Gasteiger partial charge in [0.25, 0.3) is 0 Å². The Balaban J connectivity index is 2.22. The van der Waals surface area contributed by atoms with Crippen LogP contribution in [0.1, 0.15) is 5.56 Å². The van der Waals surface area contributed by atoms with E-state index < -0.39 is 5.63 Å². The first kappa shape index (κ1) is 13.9. The van der Waals surface area contributed by atoms with Crippen molar-refractivity contribution in [3.05, 3.63) is 80.8 Å². The van der Waals surface area contributed by atoms with Crippen LogP contribution in [0.4, 0.5) is 4.39 Å². The minimum absolute atomic E-state index is 0.167. The fraction of sp³-hybridized carbons (Fsp3) is 0.0625. The Morgan fingerprint density at radius 2 is 2.05 bits per heavy atom. The maximum atomic E-state index is 13.4. The highest BCUT2D eigenvalue weighted by Crippen LogP contribution is 2.28. The first-order chi connectivity index (χ1) is 10.7. The molecule has 0 fully saturated rings. The Labute approximate surface area is 124 Å². The quantitative estimate of drug-likeness (QED) is 0.310. The summed E-state index contributed by atoms with van der Waals surface area (Å²) in [6, 6.07) is 12.5. The molecule has 0 spiro atoms. The van der Waals surface area contributed by atoms with E-state index >= 15 is 0 Å². The predicted molar refractivity (Wildman–Crippen MR) is 80.7 cm³/mol. The lowest BCUT2D eigenvalue weighted by molar-refractivity contribution is 0.561. The maximum Gasteiger partial charge on any atom is 0.336 e. The molecule has 0 amide bonds. The Morgan fingerprint density at radius 1 is 1.18 bits per heavy atom. The highest BCUT2D eigenvalue weighted by molar-refractivity contribution is 5.93. The van der Waals surface area contributed by atoms with E-state index in [-0.39, 0.29) is 12.4 Å². The van der Waals surface area contributed by atoms with Gasteiger partial charge in [0.05, 0.1) is 6.54 Å². The van der Waals surface area contributed by atoms with Crippen molar-refractivity contribution in [3.8, 4) is 11.1 Å². The second-order valence-corrected chi connectivity index (χ2v) is 4.71. The average molecular weight is 295 g/mol. The molecule has 0 atom stereocenters. The van der Waals surface area contributed by atoms with Gasteiger partial charge in [0.15, 0.2) is 0 Å². The lowest BCUT2D eigenvalue weighted by Crippen LogP contribution is -1.98. The molecule has 0 bridgehead atoms. The van der Waals surface area contributed by atoms with Crippen molar-refractivity contribution in [3.63, 3.8) is 0 Å². The standard InChI is InChI=1S/C16H10FN3O2/c17-12-3-1-2-11(7-12)14-8-16(21)22-15-6-10(9-19-20-18)4-5-13(14)15/h1-8H,9H2.